The number of benzene rings is 2. The number of alkyl halides is 3. The maximum atomic E-state index is 12.9. The Balaban J connectivity index is 0.00000256. The van der Waals surface area contributed by atoms with Crippen LogP contribution in [0.2, 0.25) is 5.02 Å². The van der Waals surface area contributed by atoms with E-state index in [0.29, 0.717) is 30.3 Å². The molecule has 1 aliphatic rings. The van der Waals surface area contributed by atoms with Crippen LogP contribution in [0.4, 0.5) is 18.9 Å². The molecule has 8 heteroatoms. The van der Waals surface area contributed by atoms with Crippen molar-refractivity contribution in [3.63, 3.8) is 0 Å². The molecule has 0 aliphatic carbocycles. The third-order valence-corrected chi connectivity index (χ3v) is 5.33. The molecule has 1 aromatic heterocycles. The highest BCUT2D eigenvalue weighted by atomic mass is 35.5. The highest BCUT2D eigenvalue weighted by molar-refractivity contribution is 6.30. The number of anilines is 1. The third-order valence-electron chi connectivity index (χ3n) is 5.08. The summed E-state index contributed by atoms with van der Waals surface area (Å²) in [5.74, 6) is 1.65. The van der Waals surface area contributed by atoms with Gasteiger partial charge in [-0.15, -0.1) is 12.4 Å². The predicted molar refractivity (Wildman–Crippen MR) is 115 cm³/mol. The second-order valence-electron chi connectivity index (χ2n) is 7.08. The maximum absolute atomic E-state index is 12.9. The van der Waals surface area contributed by atoms with E-state index >= 15 is 0 Å². The average Bonchev–Trinajstić information content (AvgIpc) is 3.17. The Hall–Kier alpha value is -2.15. The molecule has 1 saturated heterocycles. The van der Waals surface area contributed by atoms with Crippen molar-refractivity contribution in [1.29, 1.82) is 0 Å². The Morgan fingerprint density at radius 2 is 1.60 bits per heavy atom. The van der Waals surface area contributed by atoms with E-state index in [1.54, 1.807) is 6.07 Å². The number of furan rings is 1. The van der Waals surface area contributed by atoms with E-state index in [1.807, 2.05) is 41.3 Å². The van der Waals surface area contributed by atoms with Gasteiger partial charge in [0, 0.05) is 42.5 Å². The zero-order valence-electron chi connectivity index (χ0n) is 16.0. The van der Waals surface area contributed by atoms with Crippen LogP contribution in [0.3, 0.4) is 0 Å². The Morgan fingerprint density at radius 1 is 0.900 bits per heavy atom. The van der Waals surface area contributed by atoms with Crippen molar-refractivity contribution in [3.8, 4) is 11.3 Å². The van der Waals surface area contributed by atoms with Gasteiger partial charge in [-0.05, 0) is 54.6 Å². The topological polar surface area (TPSA) is 19.6 Å². The zero-order valence-corrected chi connectivity index (χ0v) is 17.6. The summed E-state index contributed by atoms with van der Waals surface area (Å²) < 4.78 is 44.8. The fourth-order valence-corrected chi connectivity index (χ4v) is 3.62. The van der Waals surface area contributed by atoms with Crippen molar-refractivity contribution in [2.24, 2.45) is 0 Å². The van der Waals surface area contributed by atoms with Gasteiger partial charge in [-0.2, -0.15) is 13.2 Å². The SMILES string of the molecule is Cl.FC(F)(F)c1cccc(N2CCN(Cc3ccc(-c4ccc(Cl)cc4)o3)CC2)c1. The van der Waals surface area contributed by atoms with Crippen LogP contribution < -0.4 is 4.90 Å². The second-order valence-corrected chi connectivity index (χ2v) is 7.52. The van der Waals surface area contributed by atoms with Gasteiger partial charge < -0.3 is 9.32 Å². The van der Waals surface area contributed by atoms with Gasteiger partial charge in [-0.1, -0.05) is 17.7 Å². The van der Waals surface area contributed by atoms with Crippen molar-refractivity contribution >= 4 is 29.7 Å². The van der Waals surface area contributed by atoms with E-state index < -0.39 is 11.7 Å². The summed E-state index contributed by atoms with van der Waals surface area (Å²) in [6.45, 7) is 3.53. The molecule has 4 rings (SSSR count). The minimum atomic E-state index is -4.32. The molecule has 1 fully saturated rings. The van der Waals surface area contributed by atoms with Gasteiger partial charge in [-0.3, -0.25) is 4.90 Å². The molecule has 0 spiro atoms. The van der Waals surface area contributed by atoms with Crippen LogP contribution in [0.1, 0.15) is 11.3 Å². The monoisotopic (exact) mass is 456 g/mol. The first kappa shape index (κ1) is 22.5. The Morgan fingerprint density at radius 3 is 2.27 bits per heavy atom. The minimum absolute atomic E-state index is 0. The number of piperazine rings is 1. The standard InChI is InChI=1S/C22H20ClF3N2O.ClH/c23-18-6-4-16(5-7-18)21-9-8-20(29-21)15-27-10-12-28(13-11-27)19-3-1-2-17(14-19)22(24,25)26;/h1-9,14H,10-13,15H2;1H. The van der Waals surface area contributed by atoms with Crippen LogP contribution in [-0.4, -0.2) is 31.1 Å². The molecule has 0 bridgehead atoms. The number of halogens is 5. The Bertz CT molecular complexity index is 965. The van der Waals surface area contributed by atoms with Gasteiger partial charge in [0.2, 0.25) is 0 Å². The van der Waals surface area contributed by atoms with Crippen molar-refractivity contribution in [3.05, 3.63) is 77.0 Å². The van der Waals surface area contributed by atoms with Crippen LogP contribution >= 0.6 is 24.0 Å². The lowest BCUT2D eigenvalue weighted by molar-refractivity contribution is -0.137. The summed E-state index contributed by atoms with van der Waals surface area (Å²) in [6.07, 6.45) is -4.32. The van der Waals surface area contributed by atoms with E-state index in [9.17, 15) is 13.2 Å². The van der Waals surface area contributed by atoms with Crippen LogP contribution in [0, 0.1) is 0 Å². The molecular formula is C22H21Cl2F3N2O. The van der Waals surface area contributed by atoms with E-state index in [0.717, 1.165) is 36.2 Å². The highest BCUT2D eigenvalue weighted by Gasteiger charge is 2.31. The van der Waals surface area contributed by atoms with Crippen molar-refractivity contribution in [2.75, 3.05) is 31.1 Å². The molecule has 30 heavy (non-hydrogen) atoms. The molecule has 0 N–H and O–H groups in total. The van der Waals surface area contributed by atoms with Crippen LogP contribution in [-0.2, 0) is 12.7 Å². The lowest BCUT2D eigenvalue weighted by Gasteiger charge is -2.35. The molecule has 3 aromatic rings. The van der Waals surface area contributed by atoms with Gasteiger partial charge in [0.15, 0.2) is 0 Å². The number of hydrogen-bond donors (Lipinski definition) is 0. The Labute approximate surface area is 184 Å². The lowest BCUT2D eigenvalue weighted by Crippen LogP contribution is -2.46. The molecule has 0 unspecified atom stereocenters. The summed E-state index contributed by atoms with van der Waals surface area (Å²) in [4.78, 5) is 4.24. The van der Waals surface area contributed by atoms with Gasteiger partial charge in [0.05, 0.1) is 12.1 Å². The highest BCUT2D eigenvalue weighted by Crippen LogP contribution is 2.32. The largest absolute Gasteiger partial charge is 0.460 e. The van der Waals surface area contributed by atoms with Crippen LogP contribution in [0.5, 0.6) is 0 Å². The first-order valence-corrected chi connectivity index (χ1v) is 9.75. The van der Waals surface area contributed by atoms with E-state index in [-0.39, 0.29) is 12.4 Å². The summed E-state index contributed by atoms with van der Waals surface area (Å²) >= 11 is 5.92. The van der Waals surface area contributed by atoms with Crippen LogP contribution in [0.15, 0.2) is 65.1 Å². The molecule has 3 nitrogen and oxygen atoms in total. The lowest BCUT2D eigenvalue weighted by atomic mass is 10.1. The van der Waals surface area contributed by atoms with Crippen molar-refractivity contribution < 1.29 is 17.6 Å². The molecule has 0 amide bonds. The van der Waals surface area contributed by atoms with Crippen molar-refractivity contribution in [2.45, 2.75) is 12.7 Å². The van der Waals surface area contributed by atoms with Gasteiger partial charge >= 0.3 is 6.18 Å². The smallest absolute Gasteiger partial charge is 0.416 e. The maximum Gasteiger partial charge on any atom is 0.416 e. The van der Waals surface area contributed by atoms with Gasteiger partial charge in [0.25, 0.3) is 0 Å². The van der Waals surface area contributed by atoms with Crippen molar-refractivity contribution in [1.82, 2.24) is 4.90 Å². The second kappa shape index (κ2) is 9.33. The molecule has 0 atom stereocenters. The Kier molecular flexibility index (Phi) is 7.01. The number of nitrogens with zero attached hydrogens (tertiary/aromatic N) is 2. The fraction of sp³-hybridized carbons (Fsp3) is 0.273. The first-order valence-electron chi connectivity index (χ1n) is 9.38. The molecule has 160 valence electrons. The summed E-state index contributed by atoms with van der Waals surface area (Å²) in [5, 5.41) is 0.680. The van der Waals surface area contributed by atoms with E-state index in [4.69, 9.17) is 16.0 Å². The summed E-state index contributed by atoms with van der Waals surface area (Å²) in [5.41, 5.74) is 0.972. The summed E-state index contributed by atoms with van der Waals surface area (Å²) in [6, 6.07) is 16.9. The van der Waals surface area contributed by atoms with E-state index in [1.165, 1.54) is 12.1 Å². The quantitative estimate of drug-likeness (QED) is 0.455. The number of rotatable bonds is 4. The normalized spacial score (nSPS) is 15.1. The third kappa shape index (κ3) is 5.31. The van der Waals surface area contributed by atoms with E-state index in [2.05, 4.69) is 4.90 Å². The zero-order chi connectivity index (χ0) is 20.4. The first-order chi connectivity index (χ1) is 13.9. The average molecular weight is 457 g/mol. The predicted octanol–water partition coefficient (Wildman–Crippen LogP) is 6.36. The molecule has 2 heterocycles. The fourth-order valence-electron chi connectivity index (χ4n) is 3.50. The van der Waals surface area contributed by atoms with Gasteiger partial charge in [0.1, 0.15) is 11.5 Å². The minimum Gasteiger partial charge on any atom is -0.460 e. The molecule has 1 aliphatic heterocycles. The molecule has 0 saturated carbocycles. The van der Waals surface area contributed by atoms with Gasteiger partial charge in [-0.25, -0.2) is 0 Å². The van der Waals surface area contributed by atoms with Crippen LogP contribution in [0.25, 0.3) is 11.3 Å². The molecule has 2 aromatic carbocycles. The number of hydrogen-bond acceptors (Lipinski definition) is 3. The summed E-state index contributed by atoms with van der Waals surface area (Å²) in [7, 11) is 0. The molecule has 0 radical (unpaired) electrons. The molecular weight excluding hydrogens is 436 g/mol.